The first-order chi connectivity index (χ1) is 13.1. The molecule has 2 fully saturated rings. The van der Waals surface area contributed by atoms with Gasteiger partial charge in [0.05, 0.1) is 7.11 Å². The highest BCUT2D eigenvalue weighted by Crippen LogP contribution is 2.40. The van der Waals surface area contributed by atoms with Crippen LogP contribution in [0.1, 0.15) is 44.1 Å². The van der Waals surface area contributed by atoms with Gasteiger partial charge in [0.1, 0.15) is 5.75 Å². The molecule has 0 unspecified atom stereocenters. The molecule has 0 spiro atoms. The van der Waals surface area contributed by atoms with Crippen LogP contribution >= 0.6 is 11.6 Å². The molecular weight excluding hydrogens is 364 g/mol. The first-order valence-electron chi connectivity index (χ1n) is 10.0. The topological polar surface area (TPSA) is 59.6 Å². The van der Waals surface area contributed by atoms with Crippen LogP contribution in [0.15, 0.2) is 18.2 Å². The molecule has 0 radical (unpaired) electrons. The minimum absolute atomic E-state index is 0.139. The van der Waals surface area contributed by atoms with Gasteiger partial charge in [-0.1, -0.05) is 11.6 Å². The molecule has 0 aromatic heterocycles. The van der Waals surface area contributed by atoms with E-state index in [0.717, 1.165) is 43.7 Å². The standard InChI is InChI=1S/C21H31ClN2O3/c1-26-19-4-3-17(22)14-18(19)21(8-12-27-13-9-21)15-24-20(25)5-2-16-6-10-23-11-7-16/h3-4,14,16,23H,2,5-13,15H2,1H3,(H,24,25). The quantitative estimate of drug-likeness (QED) is 0.745. The molecule has 1 aromatic carbocycles. The summed E-state index contributed by atoms with van der Waals surface area (Å²) in [5.74, 6) is 1.63. The molecule has 2 aliphatic rings. The largest absolute Gasteiger partial charge is 0.496 e. The first-order valence-corrected chi connectivity index (χ1v) is 10.4. The van der Waals surface area contributed by atoms with Crippen LogP contribution in [0.4, 0.5) is 0 Å². The zero-order valence-electron chi connectivity index (χ0n) is 16.2. The molecule has 5 nitrogen and oxygen atoms in total. The summed E-state index contributed by atoms with van der Waals surface area (Å²) in [7, 11) is 1.68. The van der Waals surface area contributed by atoms with Gasteiger partial charge in [-0.15, -0.1) is 0 Å². The van der Waals surface area contributed by atoms with Crippen LogP contribution in [0.3, 0.4) is 0 Å². The zero-order chi connectivity index (χ0) is 19.1. The van der Waals surface area contributed by atoms with Crippen molar-refractivity contribution in [3.8, 4) is 5.75 Å². The van der Waals surface area contributed by atoms with E-state index in [1.807, 2.05) is 18.2 Å². The van der Waals surface area contributed by atoms with Crippen molar-refractivity contribution in [2.75, 3.05) is 40.0 Å². The van der Waals surface area contributed by atoms with Gasteiger partial charge in [0.2, 0.25) is 5.91 Å². The van der Waals surface area contributed by atoms with Gasteiger partial charge in [-0.2, -0.15) is 0 Å². The molecule has 27 heavy (non-hydrogen) atoms. The Balaban J connectivity index is 1.64. The molecule has 1 aromatic rings. The van der Waals surface area contributed by atoms with Gasteiger partial charge in [-0.3, -0.25) is 4.79 Å². The summed E-state index contributed by atoms with van der Waals surface area (Å²) in [6.45, 7) is 4.10. The molecule has 0 aliphatic carbocycles. The summed E-state index contributed by atoms with van der Waals surface area (Å²) < 4.78 is 11.2. The molecule has 2 heterocycles. The Morgan fingerprint density at radius 1 is 1.33 bits per heavy atom. The summed E-state index contributed by atoms with van der Waals surface area (Å²) in [6.07, 6.45) is 5.62. The van der Waals surface area contributed by atoms with Gasteiger partial charge in [0.15, 0.2) is 0 Å². The van der Waals surface area contributed by atoms with Gasteiger partial charge >= 0.3 is 0 Å². The number of ether oxygens (including phenoxy) is 2. The van der Waals surface area contributed by atoms with Crippen molar-refractivity contribution in [3.63, 3.8) is 0 Å². The number of hydrogen-bond donors (Lipinski definition) is 2. The van der Waals surface area contributed by atoms with E-state index in [2.05, 4.69) is 10.6 Å². The van der Waals surface area contributed by atoms with Crippen LogP contribution in [-0.2, 0) is 14.9 Å². The van der Waals surface area contributed by atoms with Crippen LogP contribution in [0.2, 0.25) is 5.02 Å². The predicted octanol–water partition coefficient (Wildman–Crippen LogP) is 3.29. The SMILES string of the molecule is COc1ccc(Cl)cc1C1(CNC(=O)CCC2CCNCC2)CCOCC1. The van der Waals surface area contributed by atoms with Crippen molar-refractivity contribution in [2.45, 2.75) is 43.9 Å². The summed E-state index contributed by atoms with van der Waals surface area (Å²) in [5, 5.41) is 7.26. The molecular formula is C21H31ClN2O3. The summed E-state index contributed by atoms with van der Waals surface area (Å²) in [4.78, 5) is 12.5. The Hall–Kier alpha value is -1.30. The molecule has 6 heteroatoms. The van der Waals surface area contributed by atoms with Gasteiger partial charge in [-0.05, 0) is 69.3 Å². The van der Waals surface area contributed by atoms with E-state index in [1.54, 1.807) is 7.11 Å². The lowest BCUT2D eigenvalue weighted by atomic mass is 9.73. The lowest BCUT2D eigenvalue weighted by Crippen LogP contribution is -2.45. The summed E-state index contributed by atoms with van der Waals surface area (Å²) >= 11 is 6.27. The van der Waals surface area contributed by atoms with Crippen molar-refractivity contribution < 1.29 is 14.3 Å². The maximum Gasteiger partial charge on any atom is 0.220 e. The van der Waals surface area contributed by atoms with E-state index < -0.39 is 0 Å². The number of piperidine rings is 1. The van der Waals surface area contributed by atoms with Crippen LogP contribution in [0, 0.1) is 5.92 Å². The number of nitrogens with one attached hydrogen (secondary N) is 2. The Labute approximate surface area is 167 Å². The monoisotopic (exact) mass is 394 g/mol. The number of amides is 1. The van der Waals surface area contributed by atoms with Crippen molar-refractivity contribution in [1.82, 2.24) is 10.6 Å². The van der Waals surface area contributed by atoms with Crippen molar-refractivity contribution in [1.29, 1.82) is 0 Å². The average Bonchev–Trinajstić information content (AvgIpc) is 2.72. The van der Waals surface area contributed by atoms with E-state index in [9.17, 15) is 4.79 Å². The highest BCUT2D eigenvalue weighted by molar-refractivity contribution is 6.30. The molecule has 2 N–H and O–H groups in total. The number of carbonyl (C=O) groups is 1. The van der Waals surface area contributed by atoms with Gasteiger partial charge < -0.3 is 20.1 Å². The summed E-state index contributed by atoms with van der Waals surface area (Å²) in [6, 6.07) is 5.73. The van der Waals surface area contributed by atoms with E-state index in [1.165, 1.54) is 12.8 Å². The van der Waals surface area contributed by atoms with Crippen molar-refractivity contribution >= 4 is 17.5 Å². The van der Waals surface area contributed by atoms with Gasteiger partial charge in [-0.25, -0.2) is 0 Å². The number of hydrogen-bond acceptors (Lipinski definition) is 4. The maximum absolute atomic E-state index is 12.5. The van der Waals surface area contributed by atoms with E-state index >= 15 is 0 Å². The van der Waals surface area contributed by atoms with E-state index in [-0.39, 0.29) is 11.3 Å². The fourth-order valence-corrected chi connectivity index (χ4v) is 4.43. The number of benzene rings is 1. The number of halogens is 1. The lowest BCUT2D eigenvalue weighted by Gasteiger charge is -2.38. The molecule has 2 saturated heterocycles. The van der Waals surface area contributed by atoms with Crippen molar-refractivity contribution in [3.05, 3.63) is 28.8 Å². The molecule has 0 atom stereocenters. The number of rotatable bonds is 7. The Bertz CT molecular complexity index is 626. The third kappa shape index (κ3) is 5.37. The molecule has 3 rings (SSSR count). The Kier molecular flexibility index (Phi) is 7.39. The second kappa shape index (κ2) is 9.76. The highest BCUT2D eigenvalue weighted by Gasteiger charge is 2.37. The van der Waals surface area contributed by atoms with Gasteiger partial charge in [0, 0.05) is 42.2 Å². The highest BCUT2D eigenvalue weighted by atomic mass is 35.5. The van der Waals surface area contributed by atoms with Crippen LogP contribution in [0.25, 0.3) is 0 Å². The average molecular weight is 395 g/mol. The normalized spacial score (nSPS) is 20.2. The number of carbonyl (C=O) groups excluding carboxylic acids is 1. The third-order valence-electron chi connectivity index (χ3n) is 6.05. The van der Waals surface area contributed by atoms with Crippen LogP contribution < -0.4 is 15.4 Å². The lowest BCUT2D eigenvalue weighted by molar-refractivity contribution is -0.122. The summed E-state index contributed by atoms with van der Waals surface area (Å²) in [5.41, 5.74) is 0.873. The van der Waals surface area contributed by atoms with Crippen molar-refractivity contribution in [2.24, 2.45) is 5.92 Å². The van der Waals surface area contributed by atoms with E-state index in [4.69, 9.17) is 21.1 Å². The third-order valence-corrected chi connectivity index (χ3v) is 6.28. The molecule has 0 bridgehead atoms. The Morgan fingerprint density at radius 3 is 2.78 bits per heavy atom. The minimum atomic E-state index is -0.196. The fourth-order valence-electron chi connectivity index (χ4n) is 4.26. The van der Waals surface area contributed by atoms with Crippen LogP contribution in [-0.4, -0.2) is 45.9 Å². The molecule has 1 amide bonds. The predicted molar refractivity (Wildman–Crippen MR) is 108 cm³/mol. The Morgan fingerprint density at radius 2 is 2.07 bits per heavy atom. The fraction of sp³-hybridized carbons (Fsp3) is 0.667. The smallest absolute Gasteiger partial charge is 0.220 e. The minimum Gasteiger partial charge on any atom is -0.496 e. The molecule has 0 saturated carbocycles. The first kappa shape index (κ1) is 20.4. The number of methoxy groups -OCH3 is 1. The van der Waals surface area contributed by atoms with E-state index in [0.29, 0.717) is 37.1 Å². The van der Waals surface area contributed by atoms with Gasteiger partial charge in [0.25, 0.3) is 0 Å². The molecule has 150 valence electrons. The maximum atomic E-state index is 12.5. The second-order valence-electron chi connectivity index (χ2n) is 7.75. The van der Waals surface area contributed by atoms with Crippen LogP contribution in [0.5, 0.6) is 5.75 Å². The molecule has 2 aliphatic heterocycles. The zero-order valence-corrected chi connectivity index (χ0v) is 16.9. The second-order valence-corrected chi connectivity index (χ2v) is 8.18.